The summed E-state index contributed by atoms with van der Waals surface area (Å²) in [6.07, 6.45) is -0.671. The van der Waals surface area contributed by atoms with Crippen LogP contribution in [0.3, 0.4) is 0 Å². The predicted octanol–water partition coefficient (Wildman–Crippen LogP) is 2.29. The minimum Gasteiger partial charge on any atom is -0.489 e. The maximum Gasteiger partial charge on any atom is 0.269 e. The number of rotatable bonds is 9. The number of benzene rings is 2. The van der Waals surface area contributed by atoms with Gasteiger partial charge >= 0.3 is 0 Å². The number of H-pyrrole nitrogens is 1. The Bertz CT molecular complexity index is 1010. The lowest BCUT2D eigenvalue weighted by Gasteiger charge is -2.16. The van der Waals surface area contributed by atoms with Crippen molar-refractivity contribution in [1.82, 2.24) is 15.3 Å². The van der Waals surface area contributed by atoms with Gasteiger partial charge in [-0.05, 0) is 44.0 Å². The molecule has 1 aromatic heterocycles. The molecule has 0 aliphatic rings. The zero-order valence-electron chi connectivity index (χ0n) is 17.1. The SMILES string of the molecule is Cc1cccc(C)c1NCCNCC(O)COc1cccc2nc(C)c(=O)[nH]c12. The first-order valence-corrected chi connectivity index (χ1v) is 9.77. The van der Waals surface area contributed by atoms with E-state index in [0.29, 0.717) is 29.0 Å². The number of aromatic amines is 1. The van der Waals surface area contributed by atoms with Crippen LogP contribution >= 0.6 is 0 Å². The summed E-state index contributed by atoms with van der Waals surface area (Å²) in [4.78, 5) is 18.9. The summed E-state index contributed by atoms with van der Waals surface area (Å²) in [6, 6.07) is 11.6. The standard InChI is InChI=1S/C22H28N4O3/c1-14-6-4-7-15(2)20(14)24-11-10-23-12-17(27)13-29-19-9-5-8-18-21(19)26-22(28)16(3)25-18/h4-9,17,23-24,27H,10-13H2,1-3H3,(H,26,28). The number of hydrogen-bond donors (Lipinski definition) is 4. The average molecular weight is 396 g/mol. The van der Waals surface area contributed by atoms with Crippen LogP contribution in [0.25, 0.3) is 11.0 Å². The number of nitrogens with one attached hydrogen (secondary N) is 3. The number of aryl methyl sites for hydroxylation is 3. The maximum atomic E-state index is 11.8. The molecule has 29 heavy (non-hydrogen) atoms. The predicted molar refractivity (Wildman–Crippen MR) is 116 cm³/mol. The van der Waals surface area contributed by atoms with Gasteiger partial charge in [0.2, 0.25) is 0 Å². The van der Waals surface area contributed by atoms with E-state index < -0.39 is 6.10 Å². The molecule has 3 aromatic rings. The molecule has 1 unspecified atom stereocenters. The van der Waals surface area contributed by atoms with Gasteiger partial charge < -0.3 is 25.5 Å². The molecule has 0 aliphatic heterocycles. The molecule has 0 saturated carbocycles. The van der Waals surface area contributed by atoms with Crippen LogP contribution in [0.2, 0.25) is 0 Å². The van der Waals surface area contributed by atoms with Crippen molar-refractivity contribution in [3.05, 3.63) is 63.6 Å². The first-order chi connectivity index (χ1) is 14.0. The molecule has 0 saturated heterocycles. The molecule has 7 nitrogen and oxygen atoms in total. The fourth-order valence-corrected chi connectivity index (χ4v) is 3.18. The van der Waals surface area contributed by atoms with Gasteiger partial charge in [0.15, 0.2) is 0 Å². The van der Waals surface area contributed by atoms with Gasteiger partial charge in [-0.15, -0.1) is 0 Å². The van der Waals surface area contributed by atoms with Gasteiger partial charge in [-0.25, -0.2) is 4.98 Å². The average Bonchev–Trinajstić information content (AvgIpc) is 2.69. The molecule has 4 N–H and O–H groups in total. The Morgan fingerprint density at radius 2 is 1.83 bits per heavy atom. The van der Waals surface area contributed by atoms with Crippen molar-refractivity contribution in [3.8, 4) is 5.75 Å². The van der Waals surface area contributed by atoms with Crippen molar-refractivity contribution in [3.63, 3.8) is 0 Å². The minimum absolute atomic E-state index is 0.117. The summed E-state index contributed by atoms with van der Waals surface area (Å²) in [5, 5.41) is 16.8. The largest absolute Gasteiger partial charge is 0.489 e. The van der Waals surface area contributed by atoms with Crippen molar-refractivity contribution in [2.24, 2.45) is 0 Å². The highest BCUT2D eigenvalue weighted by Crippen LogP contribution is 2.21. The lowest BCUT2D eigenvalue weighted by molar-refractivity contribution is 0.107. The molecule has 154 valence electrons. The topological polar surface area (TPSA) is 99.3 Å². The zero-order valence-corrected chi connectivity index (χ0v) is 17.1. The summed E-state index contributed by atoms with van der Waals surface area (Å²) in [5.41, 5.74) is 4.96. The van der Waals surface area contributed by atoms with Crippen LogP contribution < -0.4 is 20.9 Å². The Balaban J connectivity index is 1.45. The van der Waals surface area contributed by atoms with E-state index in [1.807, 2.05) is 18.2 Å². The van der Waals surface area contributed by atoms with Gasteiger partial charge in [-0.1, -0.05) is 24.3 Å². The molecular weight excluding hydrogens is 368 g/mol. The Labute approximate surface area is 170 Å². The third-order valence-corrected chi connectivity index (χ3v) is 4.76. The molecule has 7 heteroatoms. The van der Waals surface area contributed by atoms with Crippen LogP contribution in [-0.4, -0.2) is 47.4 Å². The van der Waals surface area contributed by atoms with Crippen molar-refractivity contribution >= 4 is 16.7 Å². The van der Waals surface area contributed by atoms with Crippen molar-refractivity contribution in [2.45, 2.75) is 26.9 Å². The molecule has 0 radical (unpaired) electrons. The van der Waals surface area contributed by atoms with Crippen molar-refractivity contribution < 1.29 is 9.84 Å². The number of ether oxygens (including phenoxy) is 1. The molecule has 0 amide bonds. The van der Waals surface area contributed by atoms with Gasteiger partial charge in [0.1, 0.15) is 29.7 Å². The number of fused-ring (bicyclic) bond motifs is 1. The van der Waals surface area contributed by atoms with Crippen LogP contribution in [0.5, 0.6) is 5.75 Å². The van der Waals surface area contributed by atoms with Crippen LogP contribution in [0, 0.1) is 20.8 Å². The molecule has 1 atom stereocenters. The molecule has 0 bridgehead atoms. The third-order valence-electron chi connectivity index (χ3n) is 4.76. The first kappa shape index (κ1) is 20.8. The summed E-state index contributed by atoms with van der Waals surface area (Å²) >= 11 is 0. The van der Waals surface area contributed by atoms with Crippen LogP contribution in [0.4, 0.5) is 5.69 Å². The van der Waals surface area contributed by atoms with E-state index in [0.717, 1.165) is 18.8 Å². The summed E-state index contributed by atoms with van der Waals surface area (Å²) < 4.78 is 5.72. The molecule has 1 heterocycles. The molecule has 0 fully saturated rings. The van der Waals surface area contributed by atoms with E-state index in [1.165, 1.54) is 11.1 Å². The monoisotopic (exact) mass is 396 g/mol. The molecule has 3 rings (SSSR count). The Morgan fingerprint density at radius 3 is 2.59 bits per heavy atom. The van der Waals surface area contributed by atoms with Crippen molar-refractivity contribution in [1.29, 1.82) is 0 Å². The number of nitrogens with zero attached hydrogens (tertiary/aromatic N) is 1. The van der Waals surface area contributed by atoms with E-state index in [-0.39, 0.29) is 12.2 Å². The highest BCUT2D eigenvalue weighted by atomic mass is 16.5. The van der Waals surface area contributed by atoms with Gasteiger partial charge in [-0.3, -0.25) is 4.79 Å². The first-order valence-electron chi connectivity index (χ1n) is 9.77. The van der Waals surface area contributed by atoms with Crippen LogP contribution in [-0.2, 0) is 0 Å². The van der Waals surface area contributed by atoms with Crippen LogP contribution in [0.1, 0.15) is 16.8 Å². The lowest BCUT2D eigenvalue weighted by Crippen LogP contribution is -2.34. The molecular formula is C22H28N4O3. The highest BCUT2D eigenvalue weighted by Gasteiger charge is 2.10. The van der Waals surface area contributed by atoms with Gasteiger partial charge in [0, 0.05) is 25.3 Å². The Hall–Kier alpha value is -2.90. The third kappa shape index (κ3) is 5.34. The Morgan fingerprint density at radius 1 is 1.10 bits per heavy atom. The second kappa shape index (κ2) is 9.54. The second-order valence-corrected chi connectivity index (χ2v) is 7.16. The lowest BCUT2D eigenvalue weighted by atomic mass is 10.1. The molecule has 0 spiro atoms. The molecule has 0 aliphatic carbocycles. The summed E-state index contributed by atoms with van der Waals surface area (Å²) in [5.74, 6) is 0.503. The number of aromatic nitrogens is 2. The Kier molecular flexibility index (Phi) is 6.85. The van der Waals surface area contributed by atoms with E-state index in [4.69, 9.17) is 4.74 Å². The smallest absolute Gasteiger partial charge is 0.269 e. The van der Waals surface area contributed by atoms with Gasteiger partial charge in [0.25, 0.3) is 5.56 Å². The van der Waals surface area contributed by atoms with E-state index in [2.05, 4.69) is 46.6 Å². The molecule has 2 aromatic carbocycles. The minimum atomic E-state index is -0.671. The summed E-state index contributed by atoms with van der Waals surface area (Å²) in [6.45, 7) is 7.84. The van der Waals surface area contributed by atoms with Gasteiger partial charge in [-0.2, -0.15) is 0 Å². The number of aliphatic hydroxyl groups excluding tert-OH is 1. The number of hydrogen-bond acceptors (Lipinski definition) is 6. The normalized spacial score (nSPS) is 12.1. The van der Waals surface area contributed by atoms with E-state index in [9.17, 15) is 9.90 Å². The second-order valence-electron chi connectivity index (χ2n) is 7.16. The van der Waals surface area contributed by atoms with E-state index >= 15 is 0 Å². The van der Waals surface area contributed by atoms with Crippen molar-refractivity contribution in [2.75, 3.05) is 31.6 Å². The van der Waals surface area contributed by atoms with E-state index in [1.54, 1.807) is 13.0 Å². The number of aliphatic hydroxyl groups is 1. The quantitative estimate of drug-likeness (QED) is 0.414. The van der Waals surface area contributed by atoms with Crippen LogP contribution in [0.15, 0.2) is 41.2 Å². The highest BCUT2D eigenvalue weighted by molar-refractivity contribution is 5.80. The fourth-order valence-electron chi connectivity index (χ4n) is 3.18. The number of anilines is 1. The number of para-hydroxylation sites is 2. The zero-order chi connectivity index (χ0) is 20.8. The summed E-state index contributed by atoms with van der Waals surface area (Å²) in [7, 11) is 0. The van der Waals surface area contributed by atoms with Gasteiger partial charge in [0.05, 0.1) is 5.52 Å². The fraction of sp³-hybridized carbons (Fsp3) is 0.364. The maximum absolute atomic E-state index is 11.8.